The fourth-order valence-electron chi connectivity index (χ4n) is 1.76. The third kappa shape index (κ3) is 8.85. The maximum atomic E-state index is 9.51. The Morgan fingerprint density at radius 3 is 1.42 bits per heavy atom. The average molecular weight is 354 g/mol. The first kappa shape index (κ1) is 20.1. The van der Waals surface area contributed by atoms with E-state index in [0.717, 1.165) is 12.8 Å². The van der Waals surface area contributed by atoms with Crippen LogP contribution >= 0.6 is 46.4 Å². The van der Waals surface area contributed by atoms with Gasteiger partial charge in [0.15, 0.2) is 0 Å². The van der Waals surface area contributed by atoms with Crippen LogP contribution in [-0.4, -0.2) is 44.9 Å². The Balaban J connectivity index is 4.04. The molecule has 0 saturated heterocycles. The highest BCUT2D eigenvalue weighted by Gasteiger charge is 2.25. The first-order valence-electron chi connectivity index (χ1n) is 6.49. The molecule has 0 aliphatic carbocycles. The molecule has 0 bridgehead atoms. The van der Waals surface area contributed by atoms with Crippen molar-refractivity contribution in [3.63, 3.8) is 0 Å². The van der Waals surface area contributed by atoms with Crippen molar-refractivity contribution in [3.05, 3.63) is 0 Å². The summed E-state index contributed by atoms with van der Waals surface area (Å²) in [6, 6.07) is 0. The maximum absolute atomic E-state index is 9.51. The van der Waals surface area contributed by atoms with Crippen LogP contribution in [-0.2, 0) is 0 Å². The average Bonchev–Trinajstić information content (AvgIpc) is 2.40. The van der Waals surface area contributed by atoms with Gasteiger partial charge in [-0.15, -0.1) is 46.4 Å². The summed E-state index contributed by atoms with van der Waals surface area (Å²) in [5.74, 6) is 0.306. The zero-order valence-electron chi connectivity index (χ0n) is 11.5. The third-order valence-electron chi connectivity index (χ3n) is 3.34. The van der Waals surface area contributed by atoms with Crippen molar-refractivity contribution in [1.82, 2.24) is 0 Å². The minimum absolute atomic E-state index is 0.0539. The van der Waals surface area contributed by atoms with Crippen LogP contribution < -0.4 is 0 Å². The van der Waals surface area contributed by atoms with E-state index in [1.807, 2.05) is 0 Å². The first-order valence-corrected chi connectivity index (χ1v) is 8.44. The summed E-state index contributed by atoms with van der Waals surface area (Å²) in [6.07, 6.45) is 1.81. The van der Waals surface area contributed by atoms with Crippen LogP contribution in [0.25, 0.3) is 0 Å². The zero-order chi connectivity index (χ0) is 15.1. The lowest BCUT2D eigenvalue weighted by molar-refractivity contribution is 0.168. The van der Waals surface area contributed by atoms with Gasteiger partial charge in [-0.05, 0) is 31.1 Å². The smallest absolute Gasteiger partial charge is 0.0838 e. The highest BCUT2D eigenvalue weighted by molar-refractivity contribution is 6.23. The lowest BCUT2D eigenvalue weighted by Crippen LogP contribution is -2.27. The quantitative estimate of drug-likeness (QED) is 0.583. The summed E-state index contributed by atoms with van der Waals surface area (Å²) >= 11 is 23.2. The number of aliphatic hydroxyl groups excluding tert-OH is 2. The molecule has 0 aromatic rings. The summed E-state index contributed by atoms with van der Waals surface area (Å²) in [5.41, 5.74) is 0.0539. The summed E-state index contributed by atoms with van der Waals surface area (Å²) in [6.45, 7) is 4.25. The van der Waals surface area contributed by atoms with E-state index in [9.17, 15) is 10.2 Å². The van der Waals surface area contributed by atoms with Gasteiger partial charge in [-0.2, -0.15) is 0 Å². The van der Waals surface area contributed by atoms with E-state index in [-0.39, 0.29) is 27.9 Å². The molecule has 0 aliphatic heterocycles. The number of aliphatic hydroxyl groups is 2. The second-order valence-corrected chi connectivity index (χ2v) is 7.46. The van der Waals surface area contributed by atoms with Crippen molar-refractivity contribution >= 4 is 46.4 Å². The Labute approximate surface area is 136 Å². The highest BCUT2D eigenvalue weighted by atomic mass is 35.5. The minimum atomic E-state index is -0.669. The van der Waals surface area contributed by atoms with Crippen LogP contribution in [0.3, 0.4) is 0 Å². The Morgan fingerprint density at radius 1 is 0.842 bits per heavy atom. The topological polar surface area (TPSA) is 40.5 Å². The third-order valence-corrected chi connectivity index (χ3v) is 5.00. The van der Waals surface area contributed by atoms with Gasteiger partial charge in [-0.3, -0.25) is 0 Å². The van der Waals surface area contributed by atoms with Gasteiger partial charge in [0.2, 0.25) is 0 Å². The van der Waals surface area contributed by atoms with Crippen molar-refractivity contribution < 1.29 is 10.2 Å². The van der Waals surface area contributed by atoms with Crippen LogP contribution in [0.1, 0.15) is 39.5 Å². The Bertz CT molecular complexity index is 217. The zero-order valence-corrected chi connectivity index (χ0v) is 14.5. The number of rotatable bonds is 10. The Hall–Kier alpha value is 1.08. The molecule has 2 N–H and O–H groups in total. The molecule has 0 rings (SSSR count). The molecule has 0 heterocycles. The van der Waals surface area contributed by atoms with Gasteiger partial charge in [0.05, 0.1) is 23.0 Å². The Morgan fingerprint density at radius 2 is 1.16 bits per heavy atom. The van der Waals surface area contributed by atoms with Gasteiger partial charge < -0.3 is 10.2 Å². The van der Waals surface area contributed by atoms with Crippen molar-refractivity contribution in [3.8, 4) is 0 Å². The predicted molar refractivity (Wildman–Crippen MR) is 85.0 cm³/mol. The van der Waals surface area contributed by atoms with E-state index >= 15 is 0 Å². The molecule has 0 aromatic carbocycles. The van der Waals surface area contributed by atoms with Gasteiger partial charge >= 0.3 is 0 Å². The van der Waals surface area contributed by atoms with Crippen molar-refractivity contribution in [2.75, 3.05) is 11.8 Å². The SMILES string of the molecule is CC(C)(CCC(Cl)C(O)CCl)CCC(Cl)C(O)CCl. The molecule has 4 atom stereocenters. The van der Waals surface area contributed by atoms with Crippen LogP contribution in [0.4, 0.5) is 0 Å². The summed E-state index contributed by atoms with van der Waals surface area (Å²) in [5, 5.41) is 18.4. The van der Waals surface area contributed by atoms with Crippen molar-refractivity contribution in [1.29, 1.82) is 0 Å². The molecule has 0 aliphatic rings. The molecule has 19 heavy (non-hydrogen) atoms. The highest BCUT2D eigenvalue weighted by Crippen LogP contribution is 2.32. The normalized spacial score (nSPS) is 18.9. The largest absolute Gasteiger partial charge is 0.390 e. The van der Waals surface area contributed by atoms with Gasteiger partial charge in [-0.1, -0.05) is 13.8 Å². The maximum Gasteiger partial charge on any atom is 0.0838 e. The van der Waals surface area contributed by atoms with E-state index in [2.05, 4.69) is 13.8 Å². The van der Waals surface area contributed by atoms with Crippen molar-refractivity contribution in [2.24, 2.45) is 5.41 Å². The van der Waals surface area contributed by atoms with Crippen LogP contribution in [0.15, 0.2) is 0 Å². The number of alkyl halides is 4. The minimum Gasteiger partial charge on any atom is -0.390 e. The molecule has 116 valence electrons. The van der Waals surface area contributed by atoms with Gasteiger partial charge in [0.25, 0.3) is 0 Å². The molecule has 0 spiro atoms. The standard InChI is InChI=1S/C13H24Cl4O2/c1-13(2,5-3-9(16)11(18)7-14)6-4-10(17)12(19)8-15/h9-12,18-19H,3-8H2,1-2H3. The van der Waals surface area contributed by atoms with E-state index in [4.69, 9.17) is 46.4 Å². The van der Waals surface area contributed by atoms with Gasteiger partial charge in [-0.25, -0.2) is 0 Å². The van der Waals surface area contributed by atoms with E-state index in [1.165, 1.54) is 0 Å². The van der Waals surface area contributed by atoms with E-state index < -0.39 is 12.2 Å². The lowest BCUT2D eigenvalue weighted by Gasteiger charge is -2.28. The lowest BCUT2D eigenvalue weighted by atomic mass is 9.81. The summed E-state index contributed by atoms with van der Waals surface area (Å²) < 4.78 is 0. The molecule has 0 fully saturated rings. The van der Waals surface area contributed by atoms with Crippen LogP contribution in [0, 0.1) is 5.41 Å². The second-order valence-electron chi connectivity index (χ2n) is 5.72. The molecule has 6 heteroatoms. The fraction of sp³-hybridized carbons (Fsp3) is 1.00. The molecule has 0 saturated carbocycles. The number of hydrogen-bond acceptors (Lipinski definition) is 2. The number of hydrogen-bond donors (Lipinski definition) is 2. The molecule has 2 nitrogen and oxygen atoms in total. The molecular formula is C13H24Cl4O2. The van der Waals surface area contributed by atoms with Gasteiger partial charge in [0.1, 0.15) is 0 Å². The van der Waals surface area contributed by atoms with E-state index in [1.54, 1.807) is 0 Å². The molecule has 0 aromatic heterocycles. The summed E-state index contributed by atoms with van der Waals surface area (Å²) in [7, 11) is 0. The first-order chi connectivity index (χ1) is 8.73. The Kier molecular flexibility index (Phi) is 10.5. The summed E-state index contributed by atoms with van der Waals surface area (Å²) in [4.78, 5) is 0. The van der Waals surface area contributed by atoms with Crippen molar-refractivity contribution in [2.45, 2.75) is 62.5 Å². The van der Waals surface area contributed by atoms with Crippen LogP contribution in [0.5, 0.6) is 0 Å². The van der Waals surface area contributed by atoms with E-state index in [0.29, 0.717) is 12.8 Å². The molecule has 0 amide bonds. The van der Waals surface area contributed by atoms with Gasteiger partial charge in [0, 0.05) is 11.8 Å². The molecular weight excluding hydrogens is 330 g/mol. The fourth-order valence-corrected chi connectivity index (χ4v) is 2.77. The second kappa shape index (κ2) is 9.92. The molecule has 0 radical (unpaired) electrons. The van der Waals surface area contributed by atoms with Crippen LogP contribution in [0.2, 0.25) is 0 Å². The predicted octanol–water partition coefficient (Wildman–Crippen LogP) is 3.99. The monoisotopic (exact) mass is 352 g/mol. The molecule has 4 unspecified atom stereocenters. The number of halogens is 4.